The number of hydrogen-bond acceptors (Lipinski definition) is 13. The Kier molecular flexibility index (Phi) is 22.0. The molecule has 21 heteroatoms. The van der Waals surface area contributed by atoms with Gasteiger partial charge < -0.3 is 35.8 Å². The number of carboxylic acids is 1. The Hall–Kier alpha value is -3.95. The van der Waals surface area contributed by atoms with Gasteiger partial charge in [-0.05, 0) is 60.6 Å². The molecule has 0 unspecified atom stereocenters. The number of hydrogen-bond donors (Lipinski definition) is 4. The normalized spacial score (nSPS) is 16.5. The Morgan fingerprint density at radius 2 is 1.59 bits per heavy atom. The van der Waals surface area contributed by atoms with Crippen molar-refractivity contribution in [2.75, 3.05) is 26.0 Å². The van der Waals surface area contributed by atoms with Crippen LogP contribution in [0.25, 0.3) is 10.4 Å². The Morgan fingerprint density at radius 3 is 2.10 bits per heavy atom. The highest BCUT2D eigenvalue weighted by molar-refractivity contribution is 8.72. The number of carboxylic acid groups (broad SMARTS) is 1. The topological polar surface area (TPSA) is 224 Å². The van der Waals surface area contributed by atoms with Crippen molar-refractivity contribution in [3.63, 3.8) is 0 Å². The number of alkyl halides is 3. The molecule has 5 N–H and O–H groups in total. The summed E-state index contributed by atoms with van der Waals surface area (Å²) < 4.78 is 65.6. The van der Waals surface area contributed by atoms with E-state index in [0.29, 0.717) is 17.2 Å². The number of ether oxygens (including phenoxy) is 2. The molecule has 1 fully saturated rings. The first-order valence-corrected chi connectivity index (χ1v) is 24.2. The number of halogens is 3. The van der Waals surface area contributed by atoms with Gasteiger partial charge in [-0.3, -0.25) is 14.4 Å². The predicted molar refractivity (Wildman–Crippen MR) is 228 cm³/mol. The van der Waals surface area contributed by atoms with Crippen LogP contribution < -0.4 is 16.4 Å². The van der Waals surface area contributed by atoms with Crippen LogP contribution in [0, 0.1) is 12.3 Å². The molecule has 15 nitrogen and oxygen atoms in total. The molecule has 1 saturated heterocycles. The third-order valence-electron chi connectivity index (χ3n) is 9.33. The van der Waals surface area contributed by atoms with Gasteiger partial charge in [0.1, 0.15) is 24.8 Å². The molecule has 2 aromatic rings. The fourth-order valence-corrected chi connectivity index (χ4v) is 9.74. The van der Waals surface area contributed by atoms with E-state index < -0.39 is 67.8 Å². The first-order valence-electron chi connectivity index (χ1n) is 20.0. The van der Waals surface area contributed by atoms with Crippen LogP contribution in [0.15, 0.2) is 29.8 Å². The summed E-state index contributed by atoms with van der Waals surface area (Å²) in [7, 11) is -2.68. The standard InChI is InChI=1S/C38H59N5O8S3.C2HF3O2/c1-26(53-54(6,48)49)24-50-37(47)51-30-21-31(35(45)40-22-28-16-18-29(19-17-28)33-27(2)41-25-52-33)43(23-30)36(46)34(38(3,4)5)42-32(44)15-13-11-9-7-8-10-12-14-20-39;3-2(4,5)1(6)7/h16-19,25-26,30-31,34H,7-15,20-24,39H2,1-6H3,(H,40,45)(H,42,44);(H,6,7)/t26-,30-,31+,34-;/m1./s1. The third-order valence-corrected chi connectivity index (χ3v) is 13.2. The first-order chi connectivity index (χ1) is 28.4. The van der Waals surface area contributed by atoms with Crippen LogP contribution in [0.5, 0.6) is 0 Å². The molecule has 3 rings (SSSR count). The minimum atomic E-state index is -5.08. The van der Waals surface area contributed by atoms with E-state index in [-0.39, 0.29) is 38.4 Å². The van der Waals surface area contributed by atoms with E-state index >= 15 is 0 Å². The fraction of sp³-hybridized carbons (Fsp3) is 0.650. The maximum Gasteiger partial charge on any atom is 0.508 e. The van der Waals surface area contributed by atoms with Crippen molar-refractivity contribution < 1.29 is 60.1 Å². The average Bonchev–Trinajstić information content (AvgIpc) is 3.79. The summed E-state index contributed by atoms with van der Waals surface area (Å²) in [6.45, 7) is 9.75. The molecular formula is C40H60F3N5O10S3. The molecule has 1 aliphatic rings. The number of aliphatic carboxylic acids is 1. The second-order valence-electron chi connectivity index (χ2n) is 15.9. The highest BCUT2D eigenvalue weighted by Crippen LogP contribution is 2.29. The number of unbranched alkanes of at least 4 members (excludes halogenated alkanes) is 7. The number of rotatable bonds is 21. The molecule has 61 heavy (non-hydrogen) atoms. The number of nitrogens with one attached hydrogen (secondary N) is 2. The number of aryl methyl sites for hydroxylation is 1. The summed E-state index contributed by atoms with van der Waals surface area (Å²) in [5, 5.41) is 12.5. The van der Waals surface area contributed by atoms with Crippen molar-refractivity contribution in [3.05, 3.63) is 41.0 Å². The van der Waals surface area contributed by atoms with Gasteiger partial charge in [0.2, 0.25) is 17.7 Å². The number of carbonyl (C=O) groups excluding carboxylic acids is 4. The van der Waals surface area contributed by atoms with E-state index in [4.69, 9.17) is 25.1 Å². The number of nitrogens with zero attached hydrogens (tertiary/aromatic N) is 2. The van der Waals surface area contributed by atoms with Crippen molar-refractivity contribution in [3.8, 4) is 10.4 Å². The van der Waals surface area contributed by atoms with Crippen molar-refractivity contribution in [1.29, 1.82) is 0 Å². The number of nitrogens with two attached hydrogens (primary N) is 1. The zero-order valence-corrected chi connectivity index (χ0v) is 38.0. The minimum absolute atomic E-state index is 0.0148. The van der Waals surface area contributed by atoms with Gasteiger partial charge in [-0.2, -0.15) is 13.2 Å². The summed E-state index contributed by atoms with van der Waals surface area (Å²) in [5.74, 6) is -3.87. The van der Waals surface area contributed by atoms with Crippen molar-refractivity contribution in [2.45, 2.75) is 135 Å². The van der Waals surface area contributed by atoms with E-state index in [1.165, 1.54) is 11.3 Å². The molecule has 0 aliphatic carbocycles. The number of likely N-dealkylation sites (tertiary alicyclic amines) is 1. The molecule has 0 bridgehead atoms. The lowest BCUT2D eigenvalue weighted by molar-refractivity contribution is -0.192. The van der Waals surface area contributed by atoms with E-state index in [1.54, 1.807) is 23.8 Å². The van der Waals surface area contributed by atoms with Gasteiger partial charge in [-0.15, -0.1) is 11.3 Å². The lowest BCUT2D eigenvalue weighted by atomic mass is 9.85. The number of carbonyl (C=O) groups is 5. The number of aromatic nitrogens is 1. The second kappa shape index (κ2) is 25.2. The zero-order valence-electron chi connectivity index (χ0n) is 35.5. The molecule has 1 aromatic heterocycles. The highest BCUT2D eigenvalue weighted by atomic mass is 33.1. The quantitative estimate of drug-likeness (QED) is 0.0591. The minimum Gasteiger partial charge on any atom is -0.475 e. The SMILES string of the molecule is Cc1ncsc1-c1ccc(CNC(=O)[C@@H]2C[C@@H](OC(=O)OC[C@@H](C)SS(C)(=O)=O)CN2C(=O)[C@@H](NC(=O)CCCCCCCCCCN)C(C)(C)C)cc1.O=C(O)C(F)(F)F. The monoisotopic (exact) mass is 923 g/mol. The fourth-order valence-electron chi connectivity index (χ4n) is 6.25. The van der Waals surface area contributed by atoms with Crippen LogP contribution in [0.4, 0.5) is 18.0 Å². The molecule has 3 amide bonds. The van der Waals surface area contributed by atoms with E-state index in [2.05, 4.69) is 15.6 Å². The van der Waals surface area contributed by atoms with Crippen molar-refractivity contribution >= 4 is 60.8 Å². The molecule has 2 heterocycles. The lowest BCUT2D eigenvalue weighted by Crippen LogP contribution is -2.57. The Morgan fingerprint density at radius 1 is 1.02 bits per heavy atom. The van der Waals surface area contributed by atoms with Gasteiger partial charge in [0, 0.05) is 25.6 Å². The van der Waals surface area contributed by atoms with Gasteiger partial charge in [-0.25, -0.2) is 23.0 Å². The van der Waals surface area contributed by atoms with E-state index in [9.17, 15) is 40.8 Å². The molecule has 1 aliphatic heterocycles. The zero-order chi connectivity index (χ0) is 46.0. The van der Waals surface area contributed by atoms with Crippen molar-refractivity contribution in [2.24, 2.45) is 11.1 Å². The first kappa shape index (κ1) is 53.2. The highest BCUT2D eigenvalue weighted by Gasteiger charge is 2.46. The molecule has 4 atom stereocenters. The smallest absolute Gasteiger partial charge is 0.475 e. The summed E-state index contributed by atoms with van der Waals surface area (Å²) in [6, 6.07) is 5.86. The number of thiazole rings is 1. The number of amides is 3. The van der Waals surface area contributed by atoms with Crippen LogP contribution >= 0.6 is 22.1 Å². The van der Waals surface area contributed by atoms with Crippen LogP contribution in [0.2, 0.25) is 0 Å². The Balaban J connectivity index is 0.00000168. The van der Waals surface area contributed by atoms with Gasteiger partial charge in [-0.1, -0.05) is 83.6 Å². The second-order valence-corrected chi connectivity index (χ2v) is 21.5. The van der Waals surface area contributed by atoms with Gasteiger partial charge in [0.25, 0.3) is 0 Å². The summed E-state index contributed by atoms with van der Waals surface area (Å²) in [4.78, 5) is 69.5. The number of benzene rings is 1. The van der Waals surface area contributed by atoms with Gasteiger partial charge in [0.15, 0.2) is 8.87 Å². The van der Waals surface area contributed by atoms with E-state index in [0.717, 1.165) is 73.0 Å². The maximum absolute atomic E-state index is 14.3. The molecular weight excluding hydrogens is 864 g/mol. The predicted octanol–water partition coefficient (Wildman–Crippen LogP) is 6.57. The Labute approximate surface area is 363 Å². The Bertz CT molecular complexity index is 1840. The molecule has 344 valence electrons. The molecule has 1 aromatic carbocycles. The van der Waals surface area contributed by atoms with Crippen LogP contribution in [-0.4, -0.2) is 109 Å². The maximum atomic E-state index is 14.3. The van der Waals surface area contributed by atoms with E-state index in [1.807, 2.05) is 52.0 Å². The summed E-state index contributed by atoms with van der Waals surface area (Å²) >= 11 is 1.56. The average molecular weight is 924 g/mol. The third kappa shape index (κ3) is 20.2. The molecule has 0 spiro atoms. The van der Waals surface area contributed by atoms with Crippen LogP contribution in [-0.2, 0) is 44.1 Å². The van der Waals surface area contributed by atoms with Crippen LogP contribution in [0.1, 0.15) is 103 Å². The summed E-state index contributed by atoms with van der Waals surface area (Å²) in [5.41, 5.74) is 9.49. The molecule has 0 saturated carbocycles. The largest absolute Gasteiger partial charge is 0.508 e. The van der Waals surface area contributed by atoms with Gasteiger partial charge in [0.05, 0.1) is 27.9 Å². The van der Waals surface area contributed by atoms with Gasteiger partial charge >= 0.3 is 18.3 Å². The molecule has 0 radical (unpaired) electrons. The summed E-state index contributed by atoms with van der Waals surface area (Å²) in [6.07, 6.45) is 2.68. The van der Waals surface area contributed by atoms with Crippen LogP contribution in [0.3, 0.4) is 0 Å². The lowest BCUT2D eigenvalue weighted by Gasteiger charge is -2.35. The van der Waals surface area contributed by atoms with Crippen molar-refractivity contribution in [1.82, 2.24) is 20.5 Å².